The van der Waals surface area contributed by atoms with Crippen molar-refractivity contribution < 1.29 is 0 Å². The number of pyridine rings is 1. The van der Waals surface area contributed by atoms with Crippen molar-refractivity contribution in [3.63, 3.8) is 0 Å². The summed E-state index contributed by atoms with van der Waals surface area (Å²) in [4.78, 5) is 14.1. The number of benzene rings is 4. The summed E-state index contributed by atoms with van der Waals surface area (Å²) < 4.78 is 1.97. The summed E-state index contributed by atoms with van der Waals surface area (Å²) in [6.07, 6.45) is 3.61. The van der Waals surface area contributed by atoms with Crippen LogP contribution < -0.4 is 0 Å². The minimum absolute atomic E-state index is 0.682. The van der Waals surface area contributed by atoms with Gasteiger partial charge in [-0.3, -0.25) is 4.98 Å². The molecular weight excluding hydrogens is 598 g/mol. The molecular formula is C33H21Br2N3. The second kappa shape index (κ2) is 10.8. The highest BCUT2D eigenvalue weighted by atomic mass is 79.9. The second-order valence-electron chi connectivity index (χ2n) is 8.88. The number of rotatable bonds is 5. The fraction of sp³-hybridized carbons (Fsp3) is 0. The standard InChI is InChI=1S/C33H21Br2N3/c34-29-18-28(19-30(35)20-29)32-21-31(26-10-6-23(7-11-26)22-4-2-1-3-5-22)37-33(38-32)27-12-8-24(9-13-27)25-14-16-36-17-15-25/h1-21H. The van der Waals surface area contributed by atoms with Crippen LogP contribution >= 0.6 is 31.9 Å². The molecule has 0 atom stereocenters. The van der Waals surface area contributed by atoms with Crippen LogP contribution in [-0.4, -0.2) is 15.0 Å². The molecule has 0 N–H and O–H groups in total. The van der Waals surface area contributed by atoms with Gasteiger partial charge in [-0.2, -0.15) is 0 Å². The molecule has 0 amide bonds. The van der Waals surface area contributed by atoms with Gasteiger partial charge in [0.25, 0.3) is 0 Å². The Morgan fingerprint density at radius 3 is 1.47 bits per heavy atom. The summed E-state index contributed by atoms with van der Waals surface area (Å²) in [5.74, 6) is 0.682. The van der Waals surface area contributed by atoms with E-state index in [0.717, 1.165) is 48.2 Å². The first kappa shape index (κ1) is 24.4. The van der Waals surface area contributed by atoms with E-state index in [1.54, 1.807) is 12.4 Å². The molecule has 0 bridgehead atoms. The highest BCUT2D eigenvalue weighted by Gasteiger charge is 2.12. The zero-order valence-electron chi connectivity index (χ0n) is 20.2. The van der Waals surface area contributed by atoms with Gasteiger partial charge in [0.05, 0.1) is 11.4 Å². The highest BCUT2D eigenvalue weighted by Crippen LogP contribution is 2.32. The Morgan fingerprint density at radius 2 is 0.868 bits per heavy atom. The minimum Gasteiger partial charge on any atom is -0.265 e. The molecule has 3 nitrogen and oxygen atoms in total. The lowest BCUT2D eigenvalue weighted by molar-refractivity contribution is 1.18. The average molecular weight is 619 g/mol. The van der Waals surface area contributed by atoms with Crippen molar-refractivity contribution in [2.24, 2.45) is 0 Å². The number of hydrogen-bond acceptors (Lipinski definition) is 3. The smallest absolute Gasteiger partial charge is 0.160 e. The van der Waals surface area contributed by atoms with E-state index in [4.69, 9.17) is 9.97 Å². The molecule has 2 heterocycles. The monoisotopic (exact) mass is 617 g/mol. The quantitative estimate of drug-likeness (QED) is 0.193. The van der Waals surface area contributed by atoms with Gasteiger partial charge in [-0.05, 0) is 58.7 Å². The van der Waals surface area contributed by atoms with E-state index in [-0.39, 0.29) is 0 Å². The van der Waals surface area contributed by atoms with Crippen molar-refractivity contribution in [3.05, 3.63) is 137 Å². The molecule has 0 saturated heterocycles. The molecule has 5 heteroatoms. The Hall–Kier alpha value is -3.93. The van der Waals surface area contributed by atoms with Crippen LogP contribution in [0.2, 0.25) is 0 Å². The third kappa shape index (κ3) is 5.35. The Labute approximate surface area is 238 Å². The number of nitrogens with zero attached hydrogens (tertiary/aromatic N) is 3. The molecule has 0 spiro atoms. The first-order valence-corrected chi connectivity index (χ1v) is 13.7. The molecule has 6 aromatic rings. The van der Waals surface area contributed by atoms with Gasteiger partial charge < -0.3 is 0 Å². The SMILES string of the molecule is Brc1cc(Br)cc(-c2cc(-c3ccc(-c4ccccc4)cc3)nc(-c3ccc(-c4ccncc4)cc3)n2)c1. The summed E-state index contributed by atoms with van der Waals surface area (Å²) in [7, 11) is 0. The summed E-state index contributed by atoms with van der Waals surface area (Å²) >= 11 is 7.24. The van der Waals surface area contributed by atoms with Gasteiger partial charge in [0.2, 0.25) is 0 Å². The van der Waals surface area contributed by atoms with Crippen LogP contribution in [0, 0.1) is 0 Å². The lowest BCUT2D eigenvalue weighted by Crippen LogP contribution is -1.96. The van der Waals surface area contributed by atoms with Crippen LogP contribution in [0.15, 0.2) is 137 Å². The van der Waals surface area contributed by atoms with Gasteiger partial charge in [-0.1, -0.05) is 111 Å². The molecule has 0 aliphatic carbocycles. The number of hydrogen-bond donors (Lipinski definition) is 0. The molecule has 2 aromatic heterocycles. The van der Waals surface area contributed by atoms with Gasteiger partial charge in [-0.15, -0.1) is 0 Å². The number of halogens is 2. The second-order valence-corrected chi connectivity index (χ2v) is 10.7. The van der Waals surface area contributed by atoms with Crippen molar-refractivity contribution in [1.82, 2.24) is 15.0 Å². The highest BCUT2D eigenvalue weighted by molar-refractivity contribution is 9.11. The van der Waals surface area contributed by atoms with Crippen LogP contribution in [0.4, 0.5) is 0 Å². The molecule has 4 aromatic carbocycles. The van der Waals surface area contributed by atoms with E-state index >= 15 is 0 Å². The Morgan fingerprint density at radius 1 is 0.395 bits per heavy atom. The van der Waals surface area contributed by atoms with E-state index in [1.165, 1.54) is 11.1 Å². The Bertz CT molecular complexity index is 1580. The van der Waals surface area contributed by atoms with Gasteiger partial charge in [0, 0.05) is 38.0 Å². The van der Waals surface area contributed by atoms with Crippen molar-refractivity contribution in [3.8, 4) is 56.2 Å². The minimum atomic E-state index is 0.682. The molecule has 0 aliphatic heterocycles. The normalized spacial score (nSPS) is 10.9. The Balaban J connectivity index is 1.44. The predicted molar refractivity (Wildman–Crippen MR) is 162 cm³/mol. The lowest BCUT2D eigenvalue weighted by Gasteiger charge is -2.11. The molecule has 0 fully saturated rings. The van der Waals surface area contributed by atoms with Gasteiger partial charge in [0.1, 0.15) is 0 Å². The van der Waals surface area contributed by atoms with Crippen LogP contribution in [0.1, 0.15) is 0 Å². The van der Waals surface area contributed by atoms with Crippen molar-refractivity contribution >= 4 is 31.9 Å². The van der Waals surface area contributed by atoms with Crippen LogP contribution in [0.25, 0.3) is 56.2 Å². The zero-order chi connectivity index (χ0) is 25.9. The van der Waals surface area contributed by atoms with Crippen LogP contribution in [0.5, 0.6) is 0 Å². The summed E-state index contributed by atoms with van der Waals surface area (Å²) in [5, 5.41) is 0. The topological polar surface area (TPSA) is 38.7 Å². The molecule has 0 radical (unpaired) electrons. The Kier molecular flexibility index (Phi) is 6.95. The molecule has 0 aliphatic rings. The maximum Gasteiger partial charge on any atom is 0.160 e. The van der Waals surface area contributed by atoms with E-state index in [2.05, 4.69) is 128 Å². The van der Waals surface area contributed by atoms with Crippen molar-refractivity contribution in [1.29, 1.82) is 0 Å². The lowest BCUT2D eigenvalue weighted by atomic mass is 10.0. The van der Waals surface area contributed by atoms with E-state index in [1.807, 2.05) is 24.3 Å². The maximum atomic E-state index is 5.00. The number of aromatic nitrogens is 3. The molecule has 0 unspecified atom stereocenters. The third-order valence-electron chi connectivity index (χ3n) is 6.33. The van der Waals surface area contributed by atoms with Gasteiger partial charge in [0.15, 0.2) is 5.82 Å². The van der Waals surface area contributed by atoms with Crippen LogP contribution in [0.3, 0.4) is 0 Å². The third-order valence-corrected chi connectivity index (χ3v) is 7.24. The largest absolute Gasteiger partial charge is 0.265 e. The molecule has 38 heavy (non-hydrogen) atoms. The van der Waals surface area contributed by atoms with Crippen LogP contribution in [-0.2, 0) is 0 Å². The molecule has 6 rings (SSSR count). The summed E-state index contributed by atoms with van der Waals surface area (Å²) in [6.45, 7) is 0. The van der Waals surface area contributed by atoms with E-state index in [0.29, 0.717) is 5.82 Å². The summed E-state index contributed by atoms with van der Waals surface area (Å²) in [6, 6.07) is 39.5. The van der Waals surface area contributed by atoms with Gasteiger partial charge >= 0.3 is 0 Å². The zero-order valence-corrected chi connectivity index (χ0v) is 23.4. The van der Waals surface area contributed by atoms with Crippen molar-refractivity contribution in [2.45, 2.75) is 0 Å². The van der Waals surface area contributed by atoms with E-state index < -0.39 is 0 Å². The average Bonchev–Trinajstić information content (AvgIpc) is 2.97. The first-order chi connectivity index (χ1) is 18.6. The van der Waals surface area contributed by atoms with Gasteiger partial charge in [-0.25, -0.2) is 9.97 Å². The maximum absolute atomic E-state index is 5.00. The molecule has 0 saturated carbocycles. The summed E-state index contributed by atoms with van der Waals surface area (Å²) in [5.41, 5.74) is 9.35. The predicted octanol–water partition coefficient (Wildman–Crippen LogP) is 9.73. The fourth-order valence-electron chi connectivity index (χ4n) is 4.39. The van der Waals surface area contributed by atoms with Crippen molar-refractivity contribution in [2.75, 3.05) is 0 Å². The first-order valence-electron chi connectivity index (χ1n) is 12.1. The fourth-order valence-corrected chi connectivity index (χ4v) is 5.69. The molecule has 182 valence electrons. The van der Waals surface area contributed by atoms with E-state index in [9.17, 15) is 0 Å².